The minimum absolute atomic E-state index is 0.298. The zero-order valence-corrected chi connectivity index (χ0v) is 12.2. The van der Waals surface area contributed by atoms with Crippen LogP contribution in [0.25, 0.3) is 0 Å². The molecular formula is C16H13F2N5. The van der Waals surface area contributed by atoms with Crippen molar-refractivity contribution in [3.63, 3.8) is 0 Å². The number of aryl methyl sites for hydroxylation is 1. The number of nitrogens with one attached hydrogen (secondary N) is 2. The Morgan fingerprint density at radius 1 is 0.957 bits per heavy atom. The summed E-state index contributed by atoms with van der Waals surface area (Å²) in [6.45, 7) is 1.96. The molecule has 1 aromatic heterocycles. The van der Waals surface area contributed by atoms with Gasteiger partial charge < -0.3 is 10.6 Å². The van der Waals surface area contributed by atoms with Crippen molar-refractivity contribution in [2.45, 2.75) is 6.92 Å². The van der Waals surface area contributed by atoms with Gasteiger partial charge in [0, 0.05) is 17.4 Å². The van der Waals surface area contributed by atoms with Crippen LogP contribution in [0.1, 0.15) is 5.56 Å². The Balaban J connectivity index is 1.79. The van der Waals surface area contributed by atoms with E-state index in [1.807, 2.05) is 31.2 Å². The number of aromatic nitrogens is 3. The van der Waals surface area contributed by atoms with Crippen LogP contribution in [0.15, 0.2) is 48.7 Å². The van der Waals surface area contributed by atoms with Gasteiger partial charge in [0.1, 0.15) is 0 Å². The maximum Gasteiger partial charge on any atom is 0.249 e. The average molecular weight is 313 g/mol. The summed E-state index contributed by atoms with van der Waals surface area (Å²) < 4.78 is 26.1. The lowest BCUT2D eigenvalue weighted by Crippen LogP contribution is -2.03. The molecule has 0 saturated heterocycles. The second-order valence-corrected chi connectivity index (χ2v) is 4.86. The van der Waals surface area contributed by atoms with Crippen LogP contribution in [0.5, 0.6) is 0 Å². The van der Waals surface area contributed by atoms with E-state index < -0.39 is 11.6 Å². The maximum absolute atomic E-state index is 13.2. The van der Waals surface area contributed by atoms with E-state index in [9.17, 15) is 8.78 Å². The maximum atomic E-state index is 13.2. The van der Waals surface area contributed by atoms with Crippen LogP contribution in [0.4, 0.5) is 31.9 Å². The Bertz CT molecular complexity index is 838. The second kappa shape index (κ2) is 6.35. The van der Waals surface area contributed by atoms with Gasteiger partial charge in [-0.3, -0.25) is 0 Å². The third-order valence-electron chi connectivity index (χ3n) is 3.14. The highest BCUT2D eigenvalue weighted by Gasteiger charge is 2.06. The summed E-state index contributed by atoms with van der Waals surface area (Å²) >= 11 is 0. The average Bonchev–Trinajstić information content (AvgIpc) is 2.54. The van der Waals surface area contributed by atoms with Crippen molar-refractivity contribution in [1.29, 1.82) is 0 Å². The fourth-order valence-corrected chi connectivity index (χ4v) is 1.97. The Kier molecular flexibility index (Phi) is 4.09. The number of hydrogen-bond donors (Lipinski definition) is 2. The van der Waals surface area contributed by atoms with Gasteiger partial charge in [-0.25, -0.2) is 8.78 Å². The fraction of sp³-hybridized carbons (Fsp3) is 0.0625. The van der Waals surface area contributed by atoms with E-state index >= 15 is 0 Å². The SMILES string of the molecule is Cc1ccccc1Nc1nncc(Nc2ccc(F)c(F)c2)n1. The number of hydrogen-bond acceptors (Lipinski definition) is 5. The molecule has 3 rings (SSSR count). The zero-order chi connectivity index (χ0) is 16.2. The van der Waals surface area contributed by atoms with Crippen molar-refractivity contribution in [2.24, 2.45) is 0 Å². The lowest BCUT2D eigenvalue weighted by molar-refractivity contribution is 0.509. The van der Waals surface area contributed by atoms with E-state index in [2.05, 4.69) is 25.8 Å². The first-order valence-electron chi connectivity index (χ1n) is 6.86. The first kappa shape index (κ1) is 14.8. The van der Waals surface area contributed by atoms with Crippen LogP contribution in [-0.2, 0) is 0 Å². The molecule has 0 aliphatic heterocycles. The molecule has 0 aliphatic rings. The molecule has 23 heavy (non-hydrogen) atoms. The molecule has 0 fully saturated rings. The van der Waals surface area contributed by atoms with E-state index in [0.29, 0.717) is 17.5 Å². The van der Waals surface area contributed by atoms with Crippen LogP contribution in [0.3, 0.4) is 0 Å². The van der Waals surface area contributed by atoms with Crippen molar-refractivity contribution in [1.82, 2.24) is 15.2 Å². The highest BCUT2D eigenvalue weighted by atomic mass is 19.2. The Morgan fingerprint density at radius 3 is 2.57 bits per heavy atom. The predicted octanol–water partition coefficient (Wildman–Crippen LogP) is 3.95. The largest absolute Gasteiger partial charge is 0.339 e. The van der Waals surface area contributed by atoms with Crippen LogP contribution in [0, 0.1) is 18.6 Å². The van der Waals surface area contributed by atoms with Crippen molar-refractivity contribution in [3.05, 3.63) is 65.9 Å². The third kappa shape index (κ3) is 3.57. The van der Waals surface area contributed by atoms with Gasteiger partial charge in [0.2, 0.25) is 5.95 Å². The summed E-state index contributed by atoms with van der Waals surface area (Å²) in [6, 6.07) is 11.2. The molecule has 3 aromatic rings. The number of benzene rings is 2. The number of rotatable bonds is 4. The van der Waals surface area contributed by atoms with Crippen molar-refractivity contribution in [3.8, 4) is 0 Å². The fourth-order valence-electron chi connectivity index (χ4n) is 1.97. The molecule has 0 unspecified atom stereocenters. The van der Waals surface area contributed by atoms with Gasteiger partial charge >= 0.3 is 0 Å². The van der Waals surface area contributed by atoms with Crippen LogP contribution >= 0.6 is 0 Å². The molecule has 1 heterocycles. The van der Waals surface area contributed by atoms with E-state index in [0.717, 1.165) is 23.4 Å². The van der Waals surface area contributed by atoms with E-state index in [4.69, 9.17) is 0 Å². The third-order valence-corrected chi connectivity index (χ3v) is 3.14. The highest BCUT2D eigenvalue weighted by molar-refractivity contribution is 5.60. The van der Waals surface area contributed by atoms with E-state index in [1.165, 1.54) is 12.3 Å². The van der Waals surface area contributed by atoms with Gasteiger partial charge in [-0.05, 0) is 30.7 Å². The van der Waals surface area contributed by atoms with Gasteiger partial charge in [0.05, 0.1) is 6.20 Å². The van der Waals surface area contributed by atoms with Crippen LogP contribution in [0.2, 0.25) is 0 Å². The molecule has 0 radical (unpaired) electrons. The molecule has 0 amide bonds. The highest BCUT2D eigenvalue weighted by Crippen LogP contribution is 2.20. The molecule has 0 atom stereocenters. The lowest BCUT2D eigenvalue weighted by atomic mass is 10.2. The summed E-state index contributed by atoms with van der Waals surface area (Å²) in [5, 5.41) is 13.7. The van der Waals surface area contributed by atoms with Crippen LogP contribution < -0.4 is 10.6 Å². The summed E-state index contributed by atoms with van der Waals surface area (Å²) in [5.74, 6) is -1.18. The van der Waals surface area contributed by atoms with E-state index in [-0.39, 0.29) is 0 Å². The Morgan fingerprint density at radius 2 is 1.78 bits per heavy atom. The normalized spacial score (nSPS) is 10.4. The molecule has 5 nitrogen and oxygen atoms in total. The molecule has 0 saturated carbocycles. The summed E-state index contributed by atoms with van der Waals surface area (Å²) in [5.41, 5.74) is 2.26. The van der Waals surface area contributed by atoms with Crippen LogP contribution in [-0.4, -0.2) is 15.2 Å². The zero-order valence-electron chi connectivity index (χ0n) is 12.2. The molecule has 0 spiro atoms. The second-order valence-electron chi connectivity index (χ2n) is 4.86. The van der Waals surface area contributed by atoms with Crippen molar-refractivity contribution >= 4 is 23.1 Å². The Labute approximate surface area is 131 Å². The molecule has 7 heteroatoms. The summed E-state index contributed by atoms with van der Waals surface area (Å²) in [4.78, 5) is 4.24. The minimum Gasteiger partial charge on any atom is -0.339 e. The molecular weight excluding hydrogens is 300 g/mol. The topological polar surface area (TPSA) is 62.7 Å². The van der Waals surface area contributed by atoms with Crippen molar-refractivity contribution in [2.75, 3.05) is 10.6 Å². The molecule has 116 valence electrons. The number of para-hydroxylation sites is 1. The molecule has 2 N–H and O–H groups in total. The predicted molar refractivity (Wildman–Crippen MR) is 83.9 cm³/mol. The standard InChI is InChI=1S/C16H13F2N5/c1-10-4-2-3-5-14(10)21-16-22-15(9-19-23-16)20-11-6-7-12(17)13(18)8-11/h2-9H,1H3,(H2,20,21,22,23). The number of halogens is 2. The lowest BCUT2D eigenvalue weighted by Gasteiger charge is -2.09. The van der Waals surface area contributed by atoms with Gasteiger partial charge in [0.25, 0.3) is 0 Å². The smallest absolute Gasteiger partial charge is 0.249 e. The quantitative estimate of drug-likeness (QED) is 0.764. The summed E-state index contributed by atoms with van der Waals surface area (Å²) in [7, 11) is 0. The number of anilines is 4. The Hall–Kier alpha value is -3.09. The molecule has 0 aliphatic carbocycles. The van der Waals surface area contributed by atoms with Gasteiger partial charge in [-0.2, -0.15) is 10.1 Å². The first-order chi connectivity index (χ1) is 11.1. The monoisotopic (exact) mass is 313 g/mol. The van der Waals surface area contributed by atoms with Gasteiger partial charge in [-0.1, -0.05) is 18.2 Å². The first-order valence-corrected chi connectivity index (χ1v) is 6.86. The van der Waals surface area contributed by atoms with Gasteiger partial charge in [-0.15, -0.1) is 5.10 Å². The molecule has 0 bridgehead atoms. The summed E-state index contributed by atoms with van der Waals surface area (Å²) in [6.07, 6.45) is 1.39. The van der Waals surface area contributed by atoms with E-state index in [1.54, 1.807) is 0 Å². The van der Waals surface area contributed by atoms with Gasteiger partial charge in [0.15, 0.2) is 17.5 Å². The number of nitrogens with zero attached hydrogens (tertiary/aromatic N) is 3. The molecule has 2 aromatic carbocycles. The van der Waals surface area contributed by atoms with Crippen molar-refractivity contribution < 1.29 is 8.78 Å². The minimum atomic E-state index is -0.935.